The Kier molecular flexibility index (Phi) is 91100. The Labute approximate surface area is 33.5 Å². The molecule has 0 fully saturated rings. The molecule has 0 spiro atoms. The number of hydrogen-bond acceptors (Lipinski definition) is 2. The second kappa shape index (κ2) is 40500. The van der Waals surface area contributed by atoms with Gasteiger partial charge in [0, 0.05) is 0 Å². The van der Waals surface area contributed by atoms with Gasteiger partial charge < -0.3 is 0 Å². The van der Waals surface area contributed by atoms with Gasteiger partial charge in [0.05, 0.1) is 0 Å². The molecule has 0 heterocycles. The molecule has 0 saturated heterocycles. The van der Waals surface area contributed by atoms with Crippen LogP contribution in [0.3, 0.4) is 0 Å². The molecule has 4 heavy (non-hydrogen) atoms. The van der Waals surface area contributed by atoms with Gasteiger partial charge in [-0.05, 0) is 0 Å². The number of hydrogen-bond donors (Lipinski definition) is 0. The van der Waals surface area contributed by atoms with Crippen molar-refractivity contribution in [3.8, 4) is 0 Å². The molecule has 0 bridgehead atoms. The van der Waals surface area contributed by atoms with Crippen LogP contribution in [-0.4, -0.2) is 23.4 Å². The normalized spacial score (nSPS) is 2.50. The van der Waals surface area contributed by atoms with Crippen molar-refractivity contribution in [1.82, 2.24) is 0 Å². The fourth-order valence-electron chi connectivity index (χ4n) is 0. The molecular weight excluding hydrogens is 65.8 g/mol. The molecule has 0 amide bonds. The molecule has 0 aromatic rings. The first kappa shape index (κ1) is 8.99. The second-order valence-electron chi connectivity index (χ2n) is 0. The fraction of sp³-hybridized carbons (Fsp3) is 0. The zero-order valence-electron chi connectivity index (χ0n) is 2.05. The summed E-state index contributed by atoms with van der Waals surface area (Å²) in [6, 6.07) is 0. The number of rotatable bonds is 0. The Balaban J connectivity index is 0. The summed E-state index contributed by atoms with van der Waals surface area (Å²) in [6.45, 7) is 0. The standard InChI is InChI=1S/Al.BN.N/c;1-2;. The molecule has 0 aliphatic heterocycles. The second-order valence-corrected chi connectivity index (χ2v) is 0. The third kappa shape index (κ3) is 6900. The van der Waals surface area contributed by atoms with E-state index in [9.17, 15) is 0 Å². The Morgan fingerprint density at radius 3 is 1.25 bits per heavy atom. The third-order valence-corrected chi connectivity index (χ3v) is 0. The van der Waals surface area contributed by atoms with Gasteiger partial charge in [-0.2, -0.15) is 0 Å². The molecule has 0 unspecified atom stereocenters. The van der Waals surface area contributed by atoms with Crippen LogP contribution in [0.2, 0.25) is 0 Å². The van der Waals surface area contributed by atoms with E-state index in [-0.39, 0.29) is 0 Å². The molecule has 0 radical (unpaired) electrons. The average molecular weight is 65.8 g/mol. The van der Waals surface area contributed by atoms with E-state index in [1.54, 1.807) is 0 Å². The van der Waals surface area contributed by atoms with Crippen molar-refractivity contribution in [3.63, 3.8) is 0 Å². The monoisotopic (exact) mass is 66.0 g/mol. The average Bonchev–Trinajstić information content (AvgIpc) is 1.50. The summed E-state index contributed by atoms with van der Waals surface area (Å²) in [5, 5.41) is 6.50. The summed E-state index contributed by atoms with van der Waals surface area (Å²) in [5.41, 5.74) is 0. The topological polar surface area (TPSA) is 47.6 Å². The Morgan fingerprint density at radius 2 is 1.25 bits per heavy atom. The van der Waals surface area contributed by atoms with Gasteiger partial charge in [-0.3, -0.25) is 0 Å². The third-order valence-electron chi connectivity index (χ3n) is 0. The fourth-order valence-corrected chi connectivity index (χ4v) is 0. The Morgan fingerprint density at radius 1 is 1.25 bits per heavy atom. The first-order valence-electron chi connectivity index (χ1n) is 0.516. The van der Waals surface area contributed by atoms with E-state index in [0.717, 1.165) is 0 Å². The molecule has 2 nitrogen and oxygen atoms in total. The Hall–Kier alpha value is 0.0174. The van der Waals surface area contributed by atoms with Crippen LogP contribution in [0.5, 0.6) is 0 Å². The van der Waals surface area contributed by atoms with Crippen LogP contribution < -0.4 is 0 Å². The van der Waals surface area contributed by atoms with Crippen LogP contribution in [0.4, 0.5) is 0 Å². The Bertz CT molecular complexity index is 21.5. The van der Waals surface area contributed by atoms with Crippen molar-refractivity contribution in [1.29, 1.82) is 9.33 Å². The molecule has 0 atom stereocenters. The van der Waals surface area contributed by atoms with Crippen molar-refractivity contribution in [3.05, 3.63) is 0 Å². The molecular formula is AlBN2. The predicted molar refractivity (Wildman–Crippen MR) is 15.0 cm³/mol. The molecule has 0 aliphatic carbocycles. The van der Waals surface area contributed by atoms with Gasteiger partial charge in [-0.15, -0.1) is 0 Å². The molecule has 0 aliphatic rings. The maximum atomic E-state index is 6.92. The summed E-state index contributed by atoms with van der Waals surface area (Å²) >= 11 is 1.42. The van der Waals surface area contributed by atoms with Crippen LogP contribution in [-0.2, 0) is 0 Å². The van der Waals surface area contributed by atoms with Gasteiger partial charge in [0.1, 0.15) is 0 Å². The van der Waals surface area contributed by atoms with E-state index in [0.29, 0.717) is 0 Å². The SMILES string of the molecule is B#N.[N]#[Al]. The number of nitrogens with zero attached hydrogens (tertiary/aromatic N) is 2. The van der Waals surface area contributed by atoms with Gasteiger partial charge in [0.25, 0.3) is 0 Å². The first-order chi connectivity index (χ1) is 2.00. The summed E-state index contributed by atoms with van der Waals surface area (Å²) in [4.78, 5) is 0. The van der Waals surface area contributed by atoms with Gasteiger partial charge in [0.2, 0.25) is 0 Å². The predicted octanol–water partition coefficient (Wildman–Crippen LogP) is -0.731. The van der Waals surface area contributed by atoms with Crippen molar-refractivity contribution < 1.29 is 0 Å². The van der Waals surface area contributed by atoms with E-state index in [4.69, 9.17) is 9.33 Å². The van der Waals surface area contributed by atoms with Crippen LogP contribution in [0.25, 0.3) is 0 Å². The van der Waals surface area contributed by atoms with Crippen molar-refractivity contribution >= 4 is 23.4 Å². The quantitative estimate of drug-likeness (QED) is 0.350. The minimum absolute atomic E-state index is 1.42. The van der Waals surface area contributed by atoms with E-state index >= 15 is 0 Å². The molecule has 16 valence electrons. The van der Waals surface area contributed by atoms with Crippen LogP contribution in [0, 0.1) is 9.33 Å². The van der Waals surface area contributed by atoms with Gasteiger partial charge in [-0.25, -0.2) is 0 Å². The zero-order chi connectivity index (χ0) is 4.00. The molecule has 0 aromatic carbocycles. The maximum absolute atomic E-state index is 6.92. The van der Waals surface area contributed by atoms with Crippen molar-refractivity contribution in [2.24, 2.45) is 0 Å². The summed E-state index contributed by atoms with van der Waals surface area (Å²) in [7, 11) is 3.50. The molecule has 4 heteroatoms. The van der Waals surface area contributed by atoms with Crippen LogP contribution in [0.15, 0.2) is 0 Å². The van der Waals surface area contributed by atoms with E-state index < -0.39 is 0 Å². The van der Waals surface area contributed by atoms with Crippen LogP contribution in [0.1, 0.15) is 0 Å². The molecule has 0 rings (SSSR count). The van der Waals surface area contributed by atoms with Gasteiger partial charge in [-0.1, -0.05) is 0 Å². The molecule has 0 saturated carbocycles. The van der Waals surface area contributed by atoms with E-state index in [1.165, 1.54) is 15.9 Å². The van der Waals surface area contributed by atoms with Crippen molar-refractivity contribution in [2.45, 2.75) is 0 Å². The van der Waals surface area contributed by atoms with Gasteiger partial charge >= 0.3 is 32.7 Å². The van der Waals surface area contributed by atoms with E-state index in [2.05, 4.69) is 7.49 Å². The molecule has 0 aromatic heterocycles. The minimum atomic E-state index is 1.42. The van der Waals surface area contributed by atoms with E-state index in [1.807, 2.05) is 0 Å². The van der Waals surface area contributed by atoms with Gasteiger partial charge in [0.15, 0.2) is 0 Å². The first-order valence-corrected chi connectivity index (χ1v) is 1.03. The molecule has 0 N–H and O–H groups in total. The van der Waals surface area contributed by atoms with Crippen LogP contribution >= 0.6 is 0 Å². The summed E-state index contributed by atoms with van der Waals surface area (Å²) < 4.78 is 6.92. The van der Waals surface area contributed by atoms with Crippen molar-refractivity contribution in [2.75, 3.05) is 0 Å². The zero-order valence-corrected chi connectivity index (χ0v) is 3.20. The summed E-state index contributed by atoms with van der Waals surface area (Å²) in [6.07, 6.45) is 0. The summed E-state index contributed by atoms with van der Waals surface area (Å²) in [5.74, 6) is 0.